The number of likely N-dealkylation sites (tertiary alicyclic amines) is 1. The molecule has 4 aromatic rings. The van der Waals surface area contributed by atoms with Crippen molar-refractivity contribution in [1.82, 2.24) is 29.6 Å². The first kappa shape index (κ1) is 21.8. The summed E-state index contributed by atoms with van der Waals surface area (Å²) in [6.45, 7) is 4.77. The van der Waals surface area contributed by atoms with Crippen LogP contribution in [-0.2, 0) is 4.79 Å². The molecule has 0 bridgehead atoms. The zero-order valence-electron chi connectivity index (χ0n) is 18.4. The zero-order chi connectivity index (χ0) is 24.0. The molecule has 2 amide bonds. The van der Waals surface area contributed by atoms with Gasteiger partial charge in [-0.2, -0.15) is 10.1 Å². The Morgan fingerprint density at radius 2 is 2.12 bits per heavy atom. The average Bonchev–Trinajstić information content (AvgIpc) is 3.49. The van der Waals surface area contributed by atoms with E-state index < -0.39 is 5.91 Å². The van der Waals surface area contributed by atoms with Gasteiger partial charge in [-0.25, -0.2) is 14.6 Å². The molecule has 1 aliphatic heterocycles. The maximum Gasteiger partial charge on any atom is 0.302 e. The lowest BCUT2D eigenvalue weighted by Crippen LogP contribution is -2.28. The van der Waals surface area contributed by atoms with Crippen LogP contribution in [0.3, 0.4) is 0 Å². The maximum absolute atomic E-state index is 13.1. The number of hydrogen-bond acceptors (Lipinski definition) is 8. The largest absolute Gasteiger partial charge is 0.423 e. The Kier molecular flexibility index (Phi) is 5.40. The number of rotatable bonds is 4. The van der Waals surface area contributed by atoms with E-state index in [4.69, 9.17) is 21.8 Å². The van der Waals surface area contributed by atoms with Gasteiger partial charge in [0.1, 0.15) is 17.7 Å². The van der Waals surface area contributed by atoms with Crippen molar-refractivity contribution in [3.8, 4) is 0 Å². The molecule has 5 rings (SSSR count). The van der Waals surface area contributed by atoms with Crippen molar-refractivity contribution in [3.05, 3.63) is 46.9 Å². The highest BCUT2D eigenvalue weighted by molar-refractivity contribution is 6.31. The van der Waals surface area contributed by atoms with Gasteiger partial charge in [-0.05, 0) is 38.5 Å². The number of carbonyl (C=O) groups excluding carboxylic acids is 2. The van der Waals surface area contributed by atoms with Crippen molar-refractivity contribution in [2.45, 2.75) is 26.3 Å². The normalized spacial score (nSPS) is 15.7. The summed E-state index contributed by atoms with van der Waals surface area (Å²) < 4.78 is 7.23. The number of nitrogens with zero attached hydrogens (tertiary/aromatic N) is 6. The van der Waals surface area contributed by atoms with Crippen LogP contribution in [0.2, 0.25) is 5.02 Å². The highest BCUT2D eigenvalue weighted by Crippen LogP contribution is 2.30. The highest BCUT2D eigenvalue weighted by Gasteiger charge is 2.31. The highest BCUT2D eigenvalue weighted by atomic mass is 35.5. The van der Waals surface area contributed by atoms with Crippen LogP contribution in [0.25, 0.3) is 22.1 Å². The summed E-state index contributed by atoms with van der Waals surface area (Å²) in [7, 11) is 0. The van der Waals surface area contributed by atoms with E-state index in [9.17, 15) is 9.59 Å². The van der Waals surface area contributed by atoms with E-state index in [1.54, 1.807) is 33.9 Å². The Morgan fingerprint density at radius 3 is 2.91 bits per heavy atom. The Bertz CT molecular complexity index is 1470. The van der Waals surface area contributed by atoms with Gasteiger partial charge in [-0.1, -0.05) is 17.2 Å². The molecule has 1 aliphatic rings. The molecule has 12 heteroatoms. The van der Waals surface area contributed by atoms with Crippen LogP contribution in [0.5, 0.6) is 0 Å². The van der Waals surface area contributed by atoms with Crippen LogP contribution in [0.4, 0.5) is 11.8 Å². The molecule has 0 radical (unpaired) electrons. The fourth-order valence-electron chi connectivity index (χ4n) is 4.00. The Balaban J connectivity index is 1.47. The Morgan fingerprint density at radius 1 is 1.29 bits per heavy atom. The SMILES string of the molecule is CC(C)=CC(=O)N1CCC(n2nc(C(=O)Nc3nc4cc(Cl)ccc4o3)c3c(N)ncnc32)C1. The third-order valence-electron chi connectivity index (χ3n) is 5.54. The second kappa shape index (κ2) is 8.41. The lowest BCUT2D eigenvalue weighted by molar-refractivity contribution is -0.125. The third kappa shape index (κ3) is 3.94. The van der Waals surface area contributed by atoms with Crippen molar-refractivity contribution in [2.75, 3.05) is 24.1 Å². The number of hydrogen-bond donors (Lipinski definition) is 2. The molecule has 1 atom stereocenters. The molecular weight excluding hydrogens is 460 g/mol. The number of benzene rings is 1. The number of anilines is 2. The maximum atomic E-state index is 13.1. The van der Waals surface area contributed by atoms with Crippen LogP contribution in [0.15, 0.2) is 40.6 Å². The van der Waals surface area contributed by atoms with Crippen molar-refractivity contribution < 1.29 is 14.0 Å². The van der Waals surface area contributed by atoms with Crippen LogP contribution in [-0.4, -0.2) is 54.5 Å². The Hall–Kier alpha value is -3.99. The fourth-order valence-corrected chi connectivity index (χ4v) is 4.17. The van der Waals surface area contributed by atoms with Gasteiger partial charge in [-0.15, -0.1) is 0 Å². The molecule has 3 aromatic heterocycles. The second-order valence-corrected chi connectivity index (χ2v) is 8.72. The van der Waals surface area contributed by atoms with Gasteiger partial charge in [0.25, 0.3) is 5.91 Å². The second-order valence-electron chi connectivity index (χ2n) is 8.28. The van der Waals surface area contributed by atoms with E-state index in [2.05, 4.69) is 25.4 Å². The van der Waals surface area contributed by atoms with Crippen molar-refractivity contribution in [3.63, 3.8) is 0 Å². The zero-order valence-corrected chi connectivity index (χ0v) is 19.2. The molecule has 1 saturated heterocycles. The number of oxazole rings is 1. The summed E-state index contributed by atoms with van der Waals surface area (Å²) >= 11 is 5.99. The van der Waals surface area contributed by atoms with Gasteiger partial charge in [-0.3, -0.25) is 14.9 Å². The lowest BCUT2D eigenvalue weighted by atomic mass is 10.2. The molecule has 11 nitrogen and oxygen atoms in total. The van der Waals surface area contributed by atoms with Gasteiger partial charge in [0, 0.05) is 24.2 Å². The topological polar surface area (TPSA) is 145 Å². The molecule has 1 unspecified atom stereocenters. The number of amides is 2. The minimum absolute atomic E-state index is 0.000233. The van der Waals surface area contributed by atoms with Gasteiger partial charge in [0.2, 0.25) is 5.91 Å². The quantitative estimate of drug-likeness (QED) is 0.423. The minimum atomic E-state index is -0.571. The van der Waals surface area contributed by atoms with Gasteiger partial charge in [0.05, 0.1) is 11.4 Å². The fraction of sp³-hybridized carbons (Fsp3) is 0.273. The predicted octanol–water partition coefficient (Wildman–Crippen LogP) is 3.20. The molecule has 0 spiro atoms. The van der Waals surface area contributed by atoms with Gasteiger partial charge >= 0.3 is 6.01 Å². The molecule has 34 heavy (non-hydrogen) atoms. The number of aromatic nitrogens is 5. The number of nitrogens with two attached hydrogens (primary N) is 1. The summed E-state index contributed by atoms with van der Waals surface area (Å²) in [6, 6.07) is 4.80. The van der Waals surface area contributed by atoms with E-state index in [0.29, 0.717) is 46.7 Å². The van der Waals surface area contributed by atoms with Crippen LogP contribution < -0.4 is 11.1 Å². The lowest BCUT2D eigenvalue weighted by Gasteiger charge is -2.15. The predicted molar refractivity (Wildman–Crippen MR) is 126 cm³/mol. The van der Waals surface area contributed by atoms with Crippen LogP contribution in [0.1, 0.15) is 36.8 Å². The number of carbonyl (C=O) groups is 2. The van der Waals surface area contributed by atoms with E-state index in [1.807, 2.05) is 13.8 Å². The van der Waals surface area contributed by atoms with Gasteiger partial charge in [0.15, 0.2) is 16.9 Å². The molecule has 3 N–H and O–H groups in total. The smallest absolute Gasteiger partial charge is 0.302 e. The number of halogens is 1. The standard InChI is InChI=1S/C22H21ClN8O3/c1-11(2)7-16(32)30-6-5-13(9-30)31-20-17(19(24)25-10-26-20)18(29-31)21(33)28-22-27-14-8-12(23)3-4-15(14)34-22/h3-4,7-8,10,13H,5-6,9H2,1-2H3,(H2,24,25,26)(H,27,28,33). The number of nitrogen functional groups attached to an aromatic ring is 1. The van der Waals surface area contributed by atoms with E-state index in [0.717, 1.165) is 5.57 Å². The first-order valence-corrected chi connectivity index (χ1v) is 11.0. The summed E-state index contributed by atoms with van der Waals surface area (Å²) in [5.41, 5.74) is 8.48. The average molecular weight is 481 g/mol. The summed E-state index contributed by atoms with van der Waals surface area (Å²) in [5.74, 6) is -0.498. The first-order valence-electron chi connectivity index (χ1n) is 10.6. The molecule has 1 fully saturated rings. The Labute approximate surface area is 198 Å². The minimum Gasteiger partial charge on any atom is -0.423 e. The molecule has 4 heterocycles. The van der Waals surface area contributed by atoms with Crippen molar-refractivity contribution in [2.24, 2.45) is 0 Å². The van der Waals surface area contributed by atoms with Crippen LogP contribution >= 0.6 is 11.6 Å². The number of fused-ring (bicyclic) bond motifs is 2. The number of allylic oxidation sites excluding steroid dienone is 1. The van der Waals surface area contributed by atoms with E-state index >= 15 is 0 Å². The molecule has 0 saturated carbocycles. The number of nitrogens with one attached hydrogen (secondary N) is 1. The molecule has 0 aliphatic carbocycles. The third-order valence-corrected chi connectivity index (χ3v) is 5.77. The first-order chi connectivity index (χ1) is 16.3. The van der Waals surface area contributed by atoms with E-state index in [-0.39, 0.29) is 29.5 Å². The van der Waals surface area contributed by atoms with Crippen molar-refractivity contribution in [1.29, 1.82) is 0 Å². The molecule has 174 valence electrons. The molecular formula is C22H21ClN8O3. The summed E-state index contributed by atoms with van der Waals surface area (Å²) in [5, 5.41) is 7.98. The van der Waals surface area contributed by atoms with E-state index in [1.165, 1.54) is 6.33 Å². The molecule has 1 aromatic carbocycles. The summed E-state index contributed by atoms with van der Waals surface area (Å²) in [4.78, 5) is 39.9. The van der Waals surface area contributed by atoms with Crippen LogP contribution in [0, 0.1) is 0 Å². The van der Waals surface area contributed by atoms with Crippen molar-refractivity contribution >= 4 is 57.4 Å². The summed E-state index contributed by atoms with van der Waals surface area (Å²) in [6.07, 6.45) is 3.59. The monoisotopic (exact) mass is 480 g/mol. The van der Waals surface area contributed by atoms with Gasteiger partial charge < -0.3 is 15.1 Å².